The average molecular weight is 889 g/mol. The number of sulfone groups is 1. The van der Waals surface area contributed by atoms with Crippen molar-refractivity contribution in [2.75, 3.05) is 12.9 Å². The van der Waals surface area contributed by atoms with Crippen LogP contribution in [0.1, 0.15) is 227 Å². The van der Waals surface area contributed by atoms with Gasteiger partial charge in [-0.3, -0.25) is 4.79 Å². The topological polar surface area (TPSA) is 113 Å². The number of para-hydroxylation sites is 1. The summed E-state index contributed by atoms with van der Waals surface area (Å²) < 4.78 is 39.8. The Balaban J connectivity index is 1.63. The average Bonchev–Trinajstić information content (AvgIpc) is 3.74. The van der Waals surface area contributed by atoms with Crippen LogP contribution in [0.4, 0.5) is 0 Å². The molecule has 352 valence electrons. The molecule has 0 fully saturated rings. The Bertz CT molecular complexity index is 1480. The molecule has 0 aliphatic rings. The number of ether oxygens (including phenoxy) is 1. The lowest BCUT2D eigenvalue weighted by Gasteiger charge is -2.41. The molecule has 1 heterocycles. The van der Waals surface area contributed by atoms with E-state index in [0.29, 0.717) is 12.1 Å². The zero-order valence-electron chi connectivity index (χ0n) is 40.4. The number of carbonyl (C=O) groups is 1. The molecular weight excluding hydrogens is 797 g/mol. The molecule has 0 bridgehead atoms. The third-order valence-electron chi connectivity index (χ3n) is 13.2. The van der Waals surface area contributed by atoms with Gasteiger partial charge < -0.3 is 9.16 Å². The molecule has 9 nitrogen and oxygen atoms in total. The smallest absolute Gasteiger partial charge is 0.311 e. The largest absolute Gasteiger partial charge is 0.469 e. The molecule has 61 heavy (non-hydrogen) atoms. The lowest BCUT2D eigenvalue weighted by atomic mass is 9.91. The van der Waals surface area contributed by atoms with E-state index in [1.54, 1.807) is 12.1 Å². The van der Waals surface area contributed by atoms with Gasteiger partial charge in [-0.25, -0.2) is 8.42 Å². The predicted octanol–water partition coefficient (Wildman–Crippen LogP) is 14.7. The van der Waals surface area contributed by atoms with E-state index in [0.717, 1.165) is 64.2 Å². The van der Waals surface area contributed by atoms with Gasteiger partial charge in [-0.05, 0) is 60.0 Å². The van der Waals surface area contributed by atoms with Gasteiger partial charge in [0.1, 0.15) is 0 Å². The maximum absolute atomic E-state index is 13.3. The number of aromatic nitrogens is 4. The quantitative estimate of drug-likeness (QED) is 0.0370. The number of methoxy groups -OCH3 is 1. The van der Waals surface area contributed by atoms with E-state index in [2.05, 4.69) is 56.3 Å². The van der Waals surface area contributed by atoms with Crippen molar-refractivity contribution in [1.82, 2.24) is 20.2 Å². The third kappa shape index (κ3) is 23.9. The van der Waals surface area contributed by atoms with Crippen LogP contribution in [0.25, 0.3) is 5.69 Å². The van der Waals surface area contributed by atoms with Gasteiger partial charge in [-0.1, -0.05) is 231 Å². The SMILES string of the molecule is CCCCCCCCCCCCCCCCCCCCCCCCC(C(=O)OC)[C@@H](CCCCCCCCCS(=O)(=O)c1nnnn1-c1ccccc1)O[Si](C)(C)C(C)(C)C. The summed E-state index contributed by atoms with van der Waals surface area (Å²) in [5.41, 5.74) is 0.627. The molecule has 1 aromatic carbocycles. The zero-order valence-corrected chi connectivity index (χ0v) is 42.2. The van der Waals surface area contributed by atoms with Gasteiger partial charge in [0.2, 0.25) is 9.84 Å². The van der Waals surface area contributed by atoms with Crippen molar-refractivity contribution in [3.63, 3.8) is 0 Å². The molecule has 0 N–H and O–H groups in total. The van der Waals surface area contributed by atoms with Crippen LogP contribution in [-0.4, -0.2) is 61.9 Å². The molecule has 0 saturated heterocycles. The summed E-state index contributed by atoms with van der Waals surface area (Å²) in [4.78, 5) is 13.3. The summed E-state index contributed by atoms with van der Waals surface area (Å²) in [5, 5.41) is 11.3. The normalized spacial score (nSPS) is 13.4. The molecular formula is C50H92N4O5SSi. The minimum atomic E-state index is -3.60. The van der Waals surface area contributed by atoms with E-state index in [9.17, 15) is 13.2 Å². The Morgan fingerprint density at radius 1 is 0.639 bits per heavy atom. The Labute approximate surface area is 376 Å². The lowest BCUT2D eigenvalue weighted by molar-refractivity contribution is -0.149. The molecule has 0 saturated carbocycles. The first-order chi connectivity index (χ1) is 29.3. The Morgan fingerprint density at radius 3 is 1.48 bits per heavy atom. The van der Waals surface area contributed by atoms with Crippen molar-refractivity contribution < 1.29 is 22.4 Å². The fourth-order valence-electron chi connectivity index (χ4n) is 8.19. The van der Waals surface area contributed by atoms with E-state index < -0.39 is 18.2 Å². The number of rotatable bonds is 39. The van der Waals surface area contributed by atoms with Gasteiger partial charge in [0.05, 0.1) is 30.6 Å². The number of benzene rings is 1. The Morgan fingerprint density at radius 2 is 1.05 bits per heavy atom. The number of unbranched alkanes of at least 4 members (excludes halogenated alkanes) is 27. The third-order valence-corrected chi connectivity index (χ3v) is 19.3. The summed E-state index contributed by atoms with van der Waals surface area (Å²) in [6.07, 6.45) is 38.3. The summed E-state index contributed by atoms with van der Waals surface area (Å²) in [6, 6.07) is 9.11. The van der Waals surface area contributed by atoms with E-state index in [1.807, 2.05) is 18.2 Å². The molecule has 2 rings (SSSR count). The molecule has 0 radical (unpaired) electrons. The fourth-order valence-corrected chi connectivity index (χ4v) is 10.9. The summed E-state index contributed by atoms with van der Waals surface area (Å²) in [7, 11) is -4.18. The highest BCUT2D eigenvalue weighted by molar-refractivity contribution is 7.91. The van der Waals surface area contributed by atoms with Crippen molar-refractivity contribution >= 4 is 24.1 Å². The number of hydrogen-bond acceptors (Lipinski definition) is 8. The van der Waals surface area contributed by atoms with Gasteiger partial charge in [0, 0.05) is 0 Å². The Kier molecular flexibility index (Phi) is 29.3. The first-order valence-electron chi connectivity index (χ1n) is 25.2. The van der Waals surface area contributed by atoms with Crippen LogP contribution in [0.5, 0.6) is 0 Å². The molecule has 1 unspecified atom stereocenters. The molecule has 1 aromatic heterocycles. The van der Waals surface area contributed by atoms with Crippen LogP contribution >= 0.6 is 0 Å². The molecule has 0 aliphatic heterocycles. The maximum atomic E-state index is 13.3. The molecule has 0 aliphatic carbocycles. The van der Waals surface area contributed by atoms with Crippen LogP contribution < -0.4 is 0 Å². The van der Waals surface area contributed by atoms with E-state index in [4.69, 9.17) is 9.16 Å². The number of hydrogen-bond donors (Lipinski definition) is 0. The molecule has 0 spiro atoms. The van der Waals surface area contributed by atoms with Gasteiger partial charge in [-0.15, -0.1) is 0 Å². The highest BCUT2D eigenvalue weighted by Crippen LogP contribution is 2.39. The van der Waals surface area contributed by atoms with Crippen LogP contribution in [0.15, 0.2) is 35.5 Å². The van der Waals surface area contributed by atoms with Crippen LogP contribution in [0, 0.1) is 5.92 Å². The maximum Gasteiger partial charge on any atom is 0.311 e. The van der Waals surface area contributed by atoms with E-state index >= 15 is 0 Å². The number of esters is 1. The first kappa shape index (κ1) is 55.0. The summed E-state index contributed by atoms with van der Waals surface area (Å²) in [5.74, 6) is -0.324. The monoisotopic (exact) mass is 889 g/mol. The molecule has 2 aromatic rings. The molecule has 0 amide bonds. The standard InChI is InChI=1S/C50H92N4O5SSi/c1-8-9-10-11-12-13-14-15-16-17-18-19-20-21-22-23-24-25-26-28-31-37-42-46(48(55)58-5)47(59-61(6,7)50(2,3)4)43-38-32-29-27-30-33-39-44-60(56,57)49-51-52-53-54(49)45-40-35-34-36-41-45/h34-36,40-41,46-47H,8-33,37-39,42-44H2,1-7H3/t46?,47-/m1/s1. The fraction of sp³-hybridized carbons (Fsp3) is 0.840. The van der Waals surface area contributed by atoms with E-state index in [1.165, 1.54) is 140 Å². The second kappa shape index (κ2) is 32.5. The van der Waals surface area contributed by atoms with Gasteiger partial charge in [0.15, 0.2) is 8.32 Å². The minimum absolute atomic E-state index is 0.0290. The van der Waals surface area contributed by atoms with Crippen molar-refractivity contribution in [3.8, 4) is 5.69 Å². The molecule has 11 heteroatoms. The highest BCUT2D eigenvalue weighted by atomic mass is 32.2. The highest BCUT2D eigenvalue weighted by Gasteiger charge is 2.42. The van der Waals surface area contributed by atoms with Crippen molar-refractivity contribution in [1.29, 1.82) is 0 Å². The molecule has 2 atom stereocenters. The Hall–Kier alpha value is -2.11. The van der Waals surface area contributed by atoms with Gasteiger partial charge in [0.25, 0.3) is 5.16 Å². The number of carbonyl (C=O) groups excluding carboxylic acids is 1. The summed E-state index contributed by atoms with van der Waals surface area (Å²) >= 11 is 0. The first-order valence-corrected chi connectivity index (χ1v) is 29.7. The zero-order chi connectivity index (χ0) is 44.7. The van der Waals surface area contributed by atoms with Gasteiger partial charge >= 0.3 is 5.97 Å². The van der Waals surface area contributed by atoms with Crippen LogP contribution in [-0.2, 0) is 23.8 Å². The summed E-state index contributed by atoms with van der Waals surface area (Å²) in [6.45, 7) is 13.7. The predicted molar refractivity (Wildman–Crippen MR) is 258 cm³/mol. The van der Waals surface area contributed by atoms with E-state index in [-0.39, 0.29) is 33.9 Å². The second-order valence-electron chi connectivity index (χ2n) is 19.6. The van der Waals surface area contributed by atoms with Crippen molar-refractivity contribution in [3.05, 3.63) is 30.3 Å². The van der Waals surface area contributed by atoms with Crippen molar-refractivity contribution in [2.45, 2.75) is 256 Å². The van der Waals surface area contributed by atoms with Crippen molar-refractivity contribution in [2.24, 2.45) is 5.92 Å². The van der Waals surface area contributed by atoms with Crippen LogP contribution in [0.2, 0.25) is 18.1 Å². The van der Waals surface area contributed by atoms with Gasteiger partial charge in [-0.2, -0.15) is 4.68 Å². The second-order valence-corrected chi connectivity index (χ2v) is 26.3. The van der Waals surface area contributed by atoms with Crippen LogP contribution in [0.3, 0.4) is 0 Å². The number of tetrazole rings is 1. The lowest BCUT2D eigenvalue weighted by Crippen LogP contribution is -2.47. The number of nitrogens with zero attached hydrogens (tertiary/aromatic N) is 4. The minimum Gasteiger partial charge on any atom is -0.469 e.